The van der Waals surface area contributed by atoms with Crippen LogP contribution < -0.4 is 20.3 Å². The number of ether oxygens (including phenoxy) is 2. The Kier molecular flexibility index (Phi) is 6.93. The summed E-state index contributed by atoms with van der Waals surface area (Å²) in [7, 11) is 3.07. The van der Waals surface area contributed by atoms with Crippen molar-refractivity contribution >= 4 is 16.8 Å². The summed E-state index contributed by atoms with van der Waals surface area (Å²) in [4.78, 5) is 34.9. The Morgan fingerprint density at radius 3 is 2.73 bits per heavy atom. The van der Waals surface area contributed by atoms with Gasteiger partial charge in [0.05, 0.1) is 44.3 Å². The number of likely N-dealkylation sites (N-methyl/N-ethyl adjacent to an activating group) is 1. The quantitative estimate of drug-likeness (QED) is 0.548. The Balaban J connectivity index is 1.47. The highest BCUT2D eigenvalue weighted by atomic mass is 16.5. The fraction of sp³-hybridized carbons (Fsp3) is 0.400. The third-order valence-electron chi connectivity index (χ3n) is 6.15. The van der Waals surface area contributed by atoms with E-state index in [1.165, 1.54) is 18.2 Å². The van der Waals surface area contributed by atoms with Gasteiger partial charge in [0.1, 0.15) is 5.82 Å². The number of H-pyrrole nitrogens is 1. The molecule has 0 saturated heterocycles. The molecule has 174 valence electrons. The number of benzene rings is 2. The summed E-state index contributed by atoms with van der Waals surface area (Å²) in [5.41, 5.74) is 2.79. The largest absolute Gasteiger partial charge is 0.493 e. The van der Waals surface area contributed by atoms with Crippen molar-refractivity contribution in [3.8, 4) is 11.5 Å². The van der Waals surface area contributed by atoms with E-state index in [0.29, 0.717) is 41.3 Å². The fourth-order valence-electron chi connectivity index (χ4n) is 4.43. The summed E-state index contributed by atoms with van der Waals surface area (Å²) >= 11 is 0. The first-order chi connectivity index (χ1) is 16.0. The van der Waals surface area contributed by atoms with Crippen molar-refractivity contribution in [1.29, 1.82) is 0 Å². The molecule has 8 heteroatoms. The number of nitrogens with zero attached hydrogens (tertiary/aromatic N) is 2. The lowest BCUT2D eigenvalue weighted by Gasteiger charge is -2.27. The van der Waals surface area contributed by atoms with E-state index in [-0.39, 0.29) is 24.1 Å². The molecule has 2 N–H and O–H groups in total. The van der Waals surface area contributed by atoms with Crippen molar-refractivity contribution in [3.63, 3.8) is 0 Å². The van der Waals surface area contributed by atoms with Crippen LogP contribution in [0.4, 0.5) is 0 Å². The van der Waals surface area contributed by atoms with Gasteiger partial charge in [-0.2, -0.15) is 0 Å². The van der Waals surface area contributed by atoms with E-state index < -0.39 is 0 Å². The Morgan fingerprint density at radius 1 is 1.21 bits per heavy atom. The molecule has 0 fully saturated rings. The number of aromatic nitrogens is 2. The Bertz CT molecular complexity index is 1210. The molecule has 1 atom stereocenters. The van der Waals surface area contributed by atoms with E-state index in [9.17, 15) is 9.59 Å². The molecule has 3 aromatic rings. The smallest absolute Gasteiger partial charge is 0.258 e. The molecular weight excluding hydrogens is 420 g/mol. The van der Waals surface area contributed by atoms with E-state index in [4.69, 9.17) is 9.47 Å². The van der Waals surface area contributed by atoms with Crippen molar-refractivity contribution in [2.45, 2.75) is 38.8 Å². The van der Waals surface area contributed by atoms with Gasteiger partial charge in [-0.25, -0.2) is 4.98 Å². The predicted octanol–water partition coefficient (Wildman–Crippen LogP) is 2.96. The molecule has 4 rings (SSSR count). The van der Waals surface area contributed by atoms with Gasteiger partial charge in [0, 0.05) is 6.07 Å². The van der Waals surface area contributed by atoms with Crippen molar-refractivity contribution in [3.05, 3.63) is 63.7 Å². The number of methoxy groups -OCH3 is 2. The van der Waals surface area contributed by atoms with Crippen molar-refractivity contribution in [1.82, 2.24) is 20.2 Å². The monoisotopic (exact) mass is 450 g/mol. The molecular formula is C25H30N4O4. The number of carbonyl (C=O) groups excluding carboxylic acids is 1. The molecule has 0 aliphatic heterocycles. The number of rotatable bonds is 8. The first-order valence-corrected chi connectivity index (χ1v) is 11.3. The average Bonchev–Trinajstić information content (AvgIpc) is 2.83. The number of hydrogen-bond donors (Lipinski definition) is 2. The van der Waals surface area contributed by atoms with Crippen LogP contribution in [0.1, 0.15) is 42.8 Å². The summed E-state index contributed by atoms with van der Waals surface area (Å²) in [6.45, 7) is 3.20. The SMILES string of the molecule is CCN(CC(=O)N[C@H]1CCCc2ccccc21)Cc1nc2cc(OC)c(OC)cc2c(=O)[nH]1. The second-order valence-electron chi connectivity index (χ2n) is 8.25. The molecule has 0 unspecified atom stereocenters. The zero-order valence-electron chi connectivity index (χ0n) is 19.3. The third-order valence-corrected chi connectivity index (χ3v) is 6.15. The summed E-state index contributed by atoms with van der Waals surface area (Å²) in [6, 6.07) is 11.7. The first kappa shape index (κ1) is 22.8. The number of carbonyl (C=O) groups is 1. The number of hydrogen-bond acceptors (Lipinski definition) is 6. The van der Waals surface area contributed by atoms with Crippen LogP contribution in [0, 0.1) is 0 Å². The minimum Gasteiger partial charge on any atom is -0.493 e. The Labute approximate surface area is 192 Å². The Hall–Kier alpha value is -3.39. The van der Waals surface area contributed by atoms with Crippen LogP contribution >= 0.6 is 0 Å². The molecule has 1 aromatic heterocycles. The number of amides is 1. The zero-order valence-corrected chi connectivity index (χ0v) is 19.3. The molecule has 2 aromatic carbocycles. The van der Waals surface area contributed by atoms with E-state index in [1.54, 1.807) is 19.2 Å². The summed E-state index contributed by atoms with van der Waals surface area (Å²) in [5, 5.41) is 3.62. The molecule has 0 bridgehead atoms. The molecule has 0 spiro atoms. The van der Waals surface area contributed by atoms with Crippen LogP contribution in [0.5, 0.6) is 11.5 Å². The van der Waals surface area contributed by atoms with Gasteiger partial charge in [0.25, 0.3) is 5.56 Å². The van der Waals surface area contributed by atoms with Gasteiger partial charge >= 0.3 is 0 Å². The lowest BCUT2D eigenvalue weighted by atomic mass is 9.88. The van der Waals surface area contributed by atoms with Crippen LogP contribution in [0.3, 0.4) is 0 Å². The highest BCUT2D eigenvalue weighted by molar-refractivity contribution is 5.82. The summed E-state index contributed by atoms with van der Waals surface area (Å²) < 4.78 is 10.6. The second kappa shape index (κ2) is 10.0. The lowest BCUT2D eigenvalue weighted by Crippen LogP contribution is -2.39. The number of nitrogens with one attached hydrogen (secondary N) is 2. The lowest BCUT2D eigenvalue weighted by molar-refractivity contribution is -0.123. The molecule has 33 heavy (non-hydrogen) atoms. The van der Waals surface area contributed by atoms with Gasteiger partial charge in [-0.3, -0.25) is 14.5 Å². The van der Waals surface area contributed by atoms with E-state index in [2.05, 4.69) is 27.4 Å². The van der Waals surface area contributed by atoms with E-state index >= 15 is 0 Å². The van der Waals surface area contributed by atoms with Gasteiger partial charge in [-0.05, 0) is 43.0 Å². The fourth-order valence-corrected chi connectivity index (χ4v) is 4.43. The second-order valence-corrected chi connectivity index (χ2v) is 8.25. The maximum absolute atomic E-state index is 12.8. The maximum atomic E-state index is 12.8. The molecule has 1 aliphatic rings. The zero-order chi connectivity index (χ0) is 23.4. The van der Waals surface area contributed by atoms with Crippen LogP contribution in [-0.2, 0) is 17.8 Å². The summed E-state index contributed by atoms with van der Waals surface area (Å²) in [6.07, 6.45) is 3.07. The number of aromatic amines is 1. The number of fused-ring (bicyclic) bond motifs is 2. The predicted molar refractivity (Wildman–Crippen MR) is 127 cm³/mol. The number of aryl methyl sites for hydroxylation is 1. The van der Waals surface area contributed by atoms with Gasteiger partial charge < -0.3 is 19.8 Å². The van der Waals surface area contributed by atoms with Gasteiger partial charge in [-0.1, -0.05) is 31.2 Å². The molecule has 1 aliphatic carbocycles. The Morgan fingerprint density at radius 2 is 1.97 bits per heavy atom. The minimum atomic E-state index is -0.254. The minimum absolute atomic E-state index is 0.0342. The van der Waals surface area contributed by atoms with E-state index in [1.807, 2.05) is 24.0 Å². The van der Waals surface area contributed by atoms with E-state index in [0.717, 1.165) is 19.3 Å². The highest BCUT2D eigenvalue weighted by Crippen LogP contribution is 2.30. The standard InChI is InChI=1S/C25H30N4O4/c1-4-29(15-24(30)27-19-11-7-9-16-8-5-6-10-17(16)19)14-23-26-20-13-22(33-3)21(32-2)12-18(20)25(31)28-23/h5-6,8,10,12-13,19H,4,7,9,11,14-15H2,1-3H3,(H,27,30)(H,26,28,31)/t19-/m0/s1. The van der Waals surface area contributed by atoms with Gasteiger partial charge in [0.15, 0.2) is 11.5 Å². The van der Waals surface area contributed by atoms with Crippen molar-refractivity contribution in [2.24, 2.45) is 0 Å². The molecule has 0 radical (unpaired) electrons. The van der Waals surface area contributed by atoms with Crippen LogP contribution in [0.25, 0.3) is 10.9 Å². The van der Waals surface area contributed by atoms with Crippen LogP contribution in [-0.4, -0.2) is 48.1 Å². The van der Waals surface area contributed by atoms with Crippen molar-refractivity contribution in [2.75, 3.05) is 27.3 Å². The average molecular weight is 451 g/mol. The maximum Gasteiger partial charge on any atom is 0.258 e. The first-order valence-electron chi connectivity index (χ1n) is 11.3. The molecule has 0 saturated carbocycles. The molecule has 1 amide bonds. The molecule has 1 heterocycles. The van der Waals surface area contributed by atoms with Crippen molar-refractivity contribution < 1.29 is 14.3 Å². The van der Waals surface area contributed by atoms with Gasteiger partial charge in [0.2, 0.25) is 5.91 Å². The normalized spacial score (nSPS) is 15.3. The summed E-state index contributed by atoms with van der Waals surface area (Å²) in [5.74, 6) is 1.44. The van der Waals surface area contributed by atoms with Crippen LogP contribution in [0.15, 0.2) is 41.2 Å². The third kappa shape index (κ3) is 5.01. The molecule has 8 nitrogen and oxygen atoms in total. The highest BCUT2D eigenvalue weighted by Gasteiger charge is 2.22. The van der Waals surface area contributed by atoms with Crippen LogP contribution in [0.2, 0.25) is 0 Å². The topological polar surface area (TPSA) is 96.6 Å². The van der Waals surface area contributed by atoms with Gasteiger partial charge in [-0.15, -0.1) is 0 Å².